The van der Waals surface area contributed by atoms with Gasteiger partial charge in [0.25, 0.3) is 5.69 Å². The zero-order chi connectivity index (χ0) is 36.6. The number of amides is 5. The van der Waals surface area contributed by atoms with Crippen molar-refractivity contribution >= 4 is 35.4 Å². The quantitative estimate of drug-likeness (QED) is 0.0906. The monoisotopic (exact) mass is 694 g/mol. The second-order valence-corrected chi connectivity index (χ2v) is 11.6. The minimum atomic E-state index is -2.04. The molecule has 0 atom stereocenters. The molecule has 6 rings (SSSR count). The summed E-state index contributed by atoms with van der Waals surface area (Å²) in [5.41, 5.74) is 1.41. The van der Waals surface area contributed by atoms with Crippen molar-refractivity contribution in [2.45, 2.75) is 38.1 Å². The molecule has 0 bridgehead atoms. The smallest absolute Gasteiger partial charge is 0.328 e. The Balaban J connectivity index is 0.000000194. The lowest BCUT2D eigenvalue weighted by Gasteiger charge is -2.33. The van der Waals surface area contributed by atoms with Gasteiger partial charge < -0.3 is 20.5 Å². The second kappa shape index (κ2) is 18.5. The summed E-state index contributed by atoms with van der Waals surface area (Å²) in [6.45, 7) is 4.51. The third-order valence-electron chi connectivity index (χ3n) is 7.89. The molecule has 0 unspecified atom stereocenters. The molecule has 0 saturated carbocycles. The number of carboxylic acid groups (broad SMARTS) is 1. The molecule has 0 aromatic heterocycles. The van der Waals surface area contributed by atoms with Gasteiger partial charge in [-0.15, -0.1) is 0 Å². The summed E-state index contributed by atoms with van der Waals surface area (Å²) in [7, 11) is 0. The van der Waals surface area contributed by atoms with E-state index in [1.807, 2.05) is 59.2 Å². The Bertz CT molecular complexity index is 1810. The molecular weight excluding hydrogens is 654 g/mol. The number of hydrogen-bond acceptors (Lipinski definition) is 8. The van der Waals surface area contributed by atoms with E-state index in [0.717, 1.165) is 36.4 Å². The van der Waals surface area contributed by atoms with E-state index >= 15 is 0 Å². The van der Waals surface area contributed by atoms with Crippen molar-refractivity contribution in [3.8, 4) is 11.5 Å². The number of rotatable bonds is 10. The number of ether oxygens (including phenoxy) is 1. The number of carbonyl (C=O) groups excluding carboxylic acids is 4. The lowest BCUT2D eigenvalue weighted by atomic mass is 9.74. The van der Waals surface area contributed by atoms with Gasteiger partial charge in [0.05, 0.1) is 6.42 Å². The molecule has 0 aliphatic carbocycles. The molecule has 2 aliphatic rings. The third kappa shape index (κ3) is 10.9. The summed E-state index contributed by atoms with van der Waals surface area (Å²) in [4.78, 5) is 69.0. The number of nitroso groups, excluding NO2 is 1. The zero-order valence-corrected chi connectivity index (χ0v) is 28.1. The minimum Gasteiger partial charge on any atom is -0.481 e. The molecule has 51 heavy (non-hydrogen) atoms. The number of nitrogens with one attached hydrogen (secondary N) is 4. The van der Waals surface area contributed by atoms with Gasteiger partial charge in [0.1, 0.15) is 11.5 Å². The van der Waals surface area contributed by atoms with Crippen LogP contribution in [0.3, 0.4) is 0 Å². The van der Waals surface area contributed by atoms with Crippen LogP contribution >= 0.6 is 0 Å². The molecule has 1 fully saturated rings. The van der Waals surface area contributed by atoms with Crippen LogP contribution in [0.15, 0.2) is 109 Å². The fourth-order valence-corrected chi connectivity index (χ4v) is 5.39. The van der Waals surface area contributed by atoms with E-state index in [4.69, 9.17) is 4.74 Å². The summed E-state index contributed by atoms with van der Waals surface area (Å²) in [6, 6.07) is 31.9. The number of nitrogens with zero attached hydrogens (tertiary/aromatic N) is 1. The first-order valence-electron chi connectivity index (χ1n) is 16.3. The Hall–Kier alpha value is -6.21. The fraction of sp³-hybridized carbons (Fsp3) is 0.237. The van der Waals surface area contributed by atoms with Gasteiger partial charge in [-0.05, 0) is 41.8 Å². The van der Waals surface area contributed by atoms with Crippen molar-refractivity contribution in [2.24, 2.45) is 0 Å². The van der Waals surface area contributed by atoms with Crippen molar-refractivity contribution in [3.63, 3.8) is 0 Å². The average molecular weight is 695 g/mol. The van der Waals surface area contributed by atoms with Crippen molar-refractivity contribution in [1.29, 1.82) is 0 Å². The predicted molar refractivity (Wildman–Crippen MR) is 188 cm³/mol. The number of hydrogen-bond donors (Lipinski definition) is 5. The lowest BCUT2D eigenvalue weighted by molar-refractivity contribution is -0.468. The van der Waals surface area contributed by atoms with Gasteiger partial charge in [-0.1, -0.05) is 78.9 Å². The second-order valence-electron chi connectivity index (χ2n) is 11.6. The van der Waals surface area contributed by atoms with E-state index in [2.05, 4.69) is 22.8 Å². The maximum Gasteiger partial charge on any atom is 0.328 e. The van der Waals surface area contributed by atoms with Gasteiger partial charge in [0.15, 0.2) is 12.0 Å². The van der Waals surface area contributed by atoms with Gasteiger partial charge in [-0.25, -0.2) is 4.79 Å². The maximum absolute atomic E-state index is 12.4. The van der Waals surface area contributed by atoms with Crippen LogP contribution in [0.2, 0.25) is 0 Å². The number of fused-ring (bicyclic) bond motifs is 1. The number of benzene rings is 4. The molecule has 2 aliphatic heterocycles. The van der Waals surface area contributed by atoms with E-state index in [1.165, 1.54) is 42.3 Å². The molecule has 13 nitrogen and oxygen atoms in total. The van der Waals surface area contributed by atoms with Crippen molar-refractivity contribution in [1.82, 2.24) is 21.3 Å². The van der Waals surface area contributed by atoms with Crippen molar-refractivity contribution < 1.29 is 38.6 Å². The van der Waals surface area contributed by atoms with E-state index in [1.54, 1.807) is 24.3 Å². The molecule has 13 heteroatoms. The SMILES string of the molecule is CC(=O)NCCNCc1ccccc1.O=C(O)CC1(c2ccc(Oc3ccccc3)cc2)C(=O)NC(=O)NC1=O.O=[N+]1CCCc2ccccc21. The van der Waals surface area contributed by atoms with E-state index in [9.17, 15) is 34.0 Å². The highest BCUT2D eigenvalue weighted by molar-refractivity contribution is 6.24. The molecule has 4 aromatic rings. The Labute approximate surface area is 295 Å². The highest BCUT2D eigenvalue weighted by atomic mass is 16.5. The first-order valence-corrected chi connectivity index (χ1v) is 16.3. The summed E-state index contributed by atoms with van der Waals surface area (Å²) >= 11 is 0. The lowest BCUT2D eigenvalue weighted by Crippen LogP contribution is -2.65. The highest BCUT2D eigenvalue weighted by Gasteiger charge is 2.53. The number of imide groups is 2. The van der Waals surface area contributed by atoms with Gasteiger partial charge in [-0.3, -0.25) is 29.8 Å². The fourth-order valence-electron chi connectivity index (χ4n) is 5.39. The largest absolute Gasteiger partial charge is 0.481 e. The summed E-state index contributed by atoms with van der Waals surface area (Å²) < 4.78 is 6.72. The Morgan fingerprint density at radius 2 is 1.39 bits per heavy atom. The van der Waals surface area contributed by atoms with Gasteiger partial charge >= 0.3 is 12.0 Å². The van der Waals surface area contributed by atoms with Crippen LogP contribution in [-0.2, 0) is 37.6 Å². The molecular formula is C38H40N5O8+. The maximum atomic E-state index is 12.4. The van der Waals surface area contributed by atoms with E-state index in [-0.39, 0.29) is 11.5 Å². The molecule has 5 N–H and O–H groups in total. The average Bonchev–Trinajstić information content (AvgIpc) is 3.12. The number of para-hydroxylation sites is 2. The Morgan fingerprint density at radius 1 is 0.804 bits per heavy atom. The summed E-state index contributed by atoms with van der Waals surface area (Å²) in [5, 5.41) is 19.1. The Kier molecular flexibility index (Phi) is 13.7. The number of aryl methyl sites for hydroxylation is 1. The number of aliphatic carboxylic acids is 1. The molecule has 2 heterocycles. The molecule has 5 amide bonds. The van der Waals surface area contributed by atoms with Gasteiger partial charge in [-0.2, -0.15) is 0 Å². The molecule has 0 radical (unpaired) electrons. The first kappa shape index (κ1) is 37.6. The summed E-state index contributed by atoms with van der Waals surface area (Å²) in [5.74, 6) is -2.26. The van der Waals surface area contributed by atoms with Crippen LogP contribution in [0.4, 0.5) is 10.5 Å². The van der Waals surface area contributed by atoms with Crippen LogP contribution < -0.4 is 26.0 Å². The number of urea groups is 1. The predicted octanol–water partition coefficient (Wildman–Crippen LogP) is 4.51. The van der Waals surface area contributed by atoms with Crippen LogP contribution in [0.5, 0.6) is 11.5 Å². The molecule has 0 spiro atoms. The number of carbonyl (C=O) groups is 5. The summed E-state index contributed by atoms with van der Waals surface area (Å²) in [6.07, 6.45) is 1.24. The van der Waals surface area contributed by atoms with E-state index in [0.29, 0.717) is 24.6 Å². The molecule has 1 saturated heterocycles. The van der Waals surface area contributed by atoms with Crippen molar-refractivity contribution in [3.05, 3.63) is 131 Å². The molecule has 264 valence electrons. The van der Waals surface area contributed by atoms with Crippen molar-refractivity contribution in [2.75, 3.05) is 19.6 Å². The Morgan fingerprint density at radius 3 is 2.00 bits per heavy atom. The molecule has 4 aromatic carbocycles. The van der Waals surface area contributed by atoms with Crippen LogP contribution in [0.25, 0.3) is 0 Å². The van der Waals surface area contributed by atoms with Crippen LogP contribution in [0, 0.1) is 4.91 Å². The topological polar surface area (TPSA) is 183 Å². The zero-order valence-electron chi connectivity index (χ0n) is 28.1. The number of barbiturate groups is 1. The minimum absolute atomic E-state index is 0.0199. The standard InChI is InChI=1S/C18H14N2O6.C11H16N2O.C9H10NO/c21-14(22)10-18(15(23)19-17(25)20-16(18)24)11-6-8-13(9-7-11)26-12-4-2-1-3-5-12;1-10(14)13-8-7-12-9-11-5-3-2-4-6-11;11-10-7-3-5-8-4-1-2-6-9(8)10/h1-9H,10H2,(H,21,22)(H2,19,20,23,24,25);2-6,12H,7-9H2,1H3,(H,13,14);1-2,4,6H,3,5,7H2/q;;+1. The highest BCUT2D eigenvalue weighted by Crippen LogP contribution is 2.33. The normalized spacial score (nSPS) is 14.2. The third-order valence-corrected chi connectivity index (χ3v) is 7.89. The number of carboxylic acids is 1. The first-order chi connectivity index (χ1) is 24.6. The van der Waals surface area contributed by atoms with E-state index < -0.39 is 35.7 Å². The van der Waals surface area contributed by atoms with Crippen LogP contribution in [-0.4, -0.2) is 59.2 Å². The van der Waals surface area contributed by atoms with Gasteiger partial charge in [0.2, 0.25) is 17.7 Å². The van der Waals surface area contributed by atoms with Crippen LogP contribution in [0.1, 0.15) is 36.5 Å². The van der Waals surface area contributed by atoms with Gasteiger partial charge in [0, 0.05) is 54.3 Å².